The summed E-state index contributed by atoms with van der Waals surface area (Å²) < 4.78 is 11.3. The van der Waals surface area contributed by atoms with E-state index in [1.807, 2.05) is 24.3 Å². The van der Waals surface area contributed by atoms with Gasteiger partial charge in [-0.05, 0) is 32.3 Å². The first kappa shape index (κ1) is 12.4. The quantitative estimate of drug-likeness (QED) is 0.876. The molecule has 1 saturated heterocycles. The summed E-state index contributed by atoms with van der Waals surface area (Å²) in [6.45, 7) is 2.91. The number of ether oxygens (including phenoxy) is 2. The van der Waals surface area contributed by atoms with Gasteiger partial charge in [0.1, 0.15) is 5.75 Å². The molecule has 0 bridgehead atoms. The molecule has 1 fully saturated rings. The minimum atomic E-state index is -0.271. The van der Waals surface area contributed by atoms with Crippen molar-refractivity contribution in [2.45, 2.75) is 37.8 Å². The van der Waals surface area contributed by atoms with Crippen LogP contribution in [0.1, 0.15) is 37.8 Å². The molecule has 2 atom stereocenters. The highest BCUT2D eigenvalue weighted by Crippen LogP contribution is 2.38. The molecule has 94 valence electrons. The normalized spacial score (nSPS) is 26.5. The fourth-order valence-electron chi connectivity index (χ4n) is 2.45. The number of para-hydroxylation sites is 1. The van der Waals surface area contributed by atoms with Gasteiger partial charge in [0.05, 0.1) is 18.8 Å². The highest BCUT2D eigenvalue weighted by Gasteiger charge is 2.36. The lowest BCUT2D eigenvalue weighted by Crippen LogP contribution is -2.43. The van der Waals surface area contributed by atoms with Crippen molar-refractivity contribution in [1.82, 2.24) is 0 Å². The molecule has 1 aromatic carbocycles. The molecular weight excluding hydrogens is 214 g/mol. The summed E-state index contributed by atoms with van der Waals surface area (Å²) >= 11 is 0. The average Bonchev–Trinajstić information content (AvgIpc) is 2.38. The van der Waals surface area contributed by atoms with Crippen LogP contribution in [0.2, 0.25) is 0 Å². The largest absolute Gasteiger partial charge is 0.496 e. The molecule has 3 nitrogen and oxygen atoms in total. The summed E-state index contributed by atoms with van der Waals surface area (Å²) in [5.74, 6) is 0.843. The van der Waals surface area contributed by atoms with E-state index in [1.165, 1.54) is 6.42 Å². The molecule has 0 aliphatic carbocycles. The lowest BCUT2D eigenvalue weighted by atomic mass is 9.84. The van der Waals surface area contributed by atoms with Gasteiger partial charge in [-0.1, -0.05) is 18.2 Å². The Labute approximate surface area is 103 Å². The Balaban J connectivity index is 2.26. The molecule has 2 rings (SSSR count). The number of methoxy groups -OCH3 is 1. The van der Waals surface area contributed by atoms with Crippen molar-refractivity contribution < 1.29 is 9.47 Å². The van der Waals surface area contributed by atoms with E-state index in [2.05, 4.69) is 6.92 Å². The summed E-state index contributed by atoms with van der Waals surface area (Å²) in [6.07, 6.45) is 3.32. The SMILES string of the molecule is COc1ccccc1C(N)C1(C)CCCCO1. The number of hydrogen-bond donors (Lipinski definition) is 1. The summed E-state index contributed by atoms with van der Waals surface area (Å²) in [6, 6.07) is 7.77. The second-order valence-corrected chi connectivity index (χ2v) is 4.84. The molecule has 0 spiro atoms. The Kier molecular flexibility index (Phi) is 3.69. The predicted octanol–water partition coefficient (Wildman–Crippen LogP) is 2.65. The van der Waals surface area contributed by atoms with Crippen molar-refractivity contribution in [1.29, 1.82) is 0 Å². The molecule has 2 unspecified atom stereocenters. The van der Waals surface area contributed by atoms with Gasteiger partial charge in [-0.15, -0.1) is 0 Å². The van der Waals surface area contributed by atoms with Crippen LogP contribution < -0.4 is 10.5 Å². The van der Waals surface area contributed by atoms with Crippen molar-refractivity contribution in [3.8, 4) is 5.75 Å². The number of nitrogens with two attached hydrogens (primary N) is 1. The number of benzene rings is 1. The van der Waals surface area contributed by atoms with Crippen molar-refractivity contribution >= 4 is 0 Å². The minimum absolute atomic E-state index is 0.140. The summed E-state index contributed by atoms with van der Waals surface area (Å²) in [5, 5.41) is 0. The van der Waals surface area contributed by atoms with Gasteiger partial charge >= 0.3 is 0 Å². The van der Waals surface area contributed by atoms with Gasteiger partial charge in [0.15, 0.2) is 0 Å². The lowest BCUT2D eigenvalue weighted by molar-refractivity contribution is -0.0823. The maximum Gasteiger partial charge on any atom is 0.123 e. The predicted molar refractivity (Wildman–Crippen MR) is 68.1 cm³/mol. The van der Waals surface area contributed by atoms with Gasteiger partial charge in [-0.25, -0.2) is 0 Å². The van der Waals surface area contributed by atoms with E-state index in [4.69, 9.17) is 15.2 Å². The lowest BCUT2D eigenvalue weighted by Gasteiger charge is -2.39. The zero-order valence-electron chi connectivity index (χ0n) is 10.6. The molecule has 1 heterocycles. The Morgan fingerprint density at radius 2 is 2.12 bits per heavy atom. The van der Waals surface area contributed by atoms with Crippen molar-refractivity contribution in [2.75, 3.05) is 13.7 Å². The van der Waals surface area contributed by atoms with E-state index in [9.17, 15) is 0 Å². The third kappa shape index (κ3) is 2.45. The summed E-state index contributed by atoms with van der Waals surface area (Å²) in [5.41, 5.74) is 7.13. The first-order valence-electron chi connectivity index (χ1n) is 6.20. The number of rotatable bonds is 3. The van der Waals surface area contributed by atoms with E-state index in [0.717, 1.165) is 30.8 Å². The molecule has 0 saturated carbocycles. The van der Waals surface area contributed by atoms with Crippen LogP contribution in [0.25, 0.3) is 0 Å². The van der Waals surface area contributed by atoms with Crippen molar-refractivity contribution in [3.05, 3.63) is 29.8 Å². The zero-order chi connectivity index (χ0) is 12.3. The molecule has 0 amide bonds. The van der Waals surface area contributed by atoms with Gasteiger partial charge < -0.3 is 15.2 Å². The number of hydrogen-bond acceptors (Lipinski definition) is 3. The van der Waals surface area contributed by atoms with Crippen molar-refractivity contribution in [3.63, 3.8) is 0 Å². The molecule has 2 N–H and O–H groups in total. The molecule has 0 aromatic heterocycles. The first-order chi connectivity index (χ1) is 8.17. The van der Waals surface area contributed by atoms with E-state index in [-0.39, 0.29) is 11.6 Å². The topological polar surface area (TPSA) is 44.5 Å². The third-order valence-corrected chi connectivity index (χ3v) is 3.63. The summed E-state index contributed by atoms with van der Waals surface area (Å²) in [4.78, 5) is 0. The molecule has 1 aromatic rings. The highest BCUT2D eigenvalue weighted by molar-refractivity contribution is 5.37. The van der Waals surface area contributed by atoms with Crippen LogP contribution in [-0.2, 0) is 4.74 Å². The van der Waals surface area contributed by atoms with E-state index in [0.29, 0.717) is 0 Å². The Bertz CT molecular complexity index is 372. The van der Waals surface area contributed by atoms with Gasteiger partial charge in [0, 0.05) is 12.2 Å². The van der Waals surface area contributed by atoms with E-state index >= 15 is 0 Å². The molecule has 17 heavy (non-hydrogen) atoms. The minimum Gasteiger partial charge on any atom is -0.496 e. The standard InChI is InChI=1S/C14H21NO2/c1-14(9-5-6-10-17-14)13(15)11-7-3-4-8-12(11)16-2/h3-4,7-8,13H,5-6,9-10,15H2,1-2H3. The van der Waals surface area contributed by atoms with Crippen LogP contribution >= 0.6 is 0 Å². The van der Waals surface area contributed by atoms with Crippen LogP contribution in [0.15, 0.2) is 24.3 Å². The first-order valence-corrected chi connectivity index (χ1v) is 6.20. The van der Waals surface area contributed by atoms with Crippen molar-refractivity contribution in [2.24, 2.45) is 5.73 Å². The Morgan fingerprint density at radius 3 is 2.76 bits per heavy atom. The van der Waals surface area contributed by atoms with Crippen LogP contribution in [0, 0.1) is 0 Å². The Hall–Kier alpha value is -1.06. The van der Waals surface area contributed by atoms with Gasteiger partial charge in [0.25, 0.3) is 0 Å². The van der Waals surface area contributed by atoms with Crippen LogP contribution in [0.4, 0.5) is 0 Å². The fraction of sp³-hybridized carbons (Fsp3) is 0.571. The second kappa shape index (κ2) is 5.07. The maximum absolute atomic E-state index is 6.38. The van der Waals surface area contributed by atoms with Gasteiger partial charge in [-0.3, -0.25) is 0 Å². The molecule has 1 aliphatic rings. The zero-order valence-corrected chi connectivity index (χ0v) is 10.6. The van der Waals surface area contributed by atoms with Gasteiger partial charge in [0.2, 0.25) is 0 Å². The second-order valence-electron chi connectivity index (χ2n) is 4.84. The summed E-state index contributed by atoms with van der Waals surface area (Å²) in [7, 11) is 1.68. The van der Waals surface area contributed by atoms with Crippen LogP contribution in [0.5, 0.6) is 5.75 Å². The maximum atomic E-state index is 6.38. The van der Waals surface area contributed by atoms with Crippen LogP contribution in [-0.4, -0.2) is 19.3 Å². The van der Waals surface area contributed by atoms with E-state index < -0.39 is 0 Å². The molecule has 1 aliphatic heterocycles. The average molecular weight is 235 g/mol. The fourth-order valence-corrected chi connectivity index (χ4v) is 2.45. The highest BCUT2D eigenvalue weighted by atomic mass is 16.5. The molecule has 3 heteroatoms. The van der Waals surface area contributed by atoms with E-state index in [1.54, 1.807) is 7.11 Å². The van der Waals surface area contributed by atoms with Crippen LogP contribution in [0.3, 0.4) is 0 Å². The third-order valence-electron chi connectivity index (χ3n) is 3.63. The smallest absolute Gasteiger partial charge is 0.123 e. The monoisotopic (exact) mass is 235 g/mol. The Morgan fingerprint density at radius 1 is 1.35 bits per heavy atom. The van der Waals surface area contributed by atoms with Gasteiger partial charge in [-0.2, -0.15) is 0 Å². The molecule has 0 radical (unpaired) electrons. The molecular formula is C14H21NO2.